The van der Waals surface area contributed by atoms with Crippen LogP contribution in [0.25, 0.3) is 0 Å². The highest BCUT2D eigenvalue weighted by atomic mass is 19.1. The van der Waals surface area contributed by atoms with Crippen molar-refractivity contribution in [2.45, 2.75) is 6.54 Å². The van der Waals surface area contributed by atoms with Gasteiger partial charge in [0.1, 0.15) is 5.82 Å². The van der Waals surface area contributed by atoms with E-state index in [2.05, 4.69) is 15.9 Å². The molecule has 0 aliphatic carbocycles. The minimum atomic E-state index is -0.231. The van der Waals surface area contributed by atoms with E-state index in [1.807, 2.05) is 0 Å². The topological polar surface area (TPSA) is 39.5 Å². The molecule has 1 aromatic rings. The first-order chi connectivity index (χ1) is 9.72. The molecule has 4 nitrogen and oxygen atoms in total. The van der Waals surface area contributed by atoms with E-state index in [-0.39, 0.29) is 5.82 Å². The van der Waals surface area contributed by atoms with Crippen molar-refractivity contribution in [3.05, 3.63) is 35.1 Å². The van der Waals surface area contributed by atoms with Crippen LogP contribution < -0.4 is 0 Å². The number of hydrogen-bond donors (Lipinski definition) is 0. The Hall–Kier alpha value is -1.48. The summed E-state index contributed by atoms with van der Waals surface area (Å²) in [5, 5.41) is 8.87. The summed E-state index contributed by atoms with van der Waals surface area (Å²) < 4.78 is 18.8. The monoisotopic (exact) mass is 277 g/mol. The average molecular weight is 277 g/mol. The molecule has 0 N–H and O–H groups in total. The summed E-state index contributed by atoms with van der Waals surface area (Å²) in [6.07, 6.45) is 0. The molecule has 5 heteroatoms. The van der Waals surface area contributed by atoms with Gasteiger partial charge in [-0.05, 0) is 18.2 Å². The minimum absolute atomic E-state index is 0.231. The summed E-state index contributed by atoms with van der Waals surface area (Å²) in [6, 6.07) is 6.59. The molecule has 108 valence electrons. The van der Waals surface area contributed by atoms with Crippen LogP contribution in [0.1, 0.15) is 11.1 Å². The van der Waals surface area contributed by atoms with Gasteiger partial charge in [0.05, 0.1) is 18.2 Å². The van der Waals surface area contributed by atoms with Crippen molar-refractivity contribution in [1.29, 1.82) is 5.26 Å². The molecule has 0 radical (unpaired) electrons. The molecule has 20 heavy (non-hydrogen) atoms. The van der Waals surface area contributed by atoms with Crippen molar-refractivity contribution >= 4 is 0 Å². The van der Waals surface area contributed by atoms with E-state index in [1.54, 1.807) is 13.2 Å². The normalized spacial score (nSPS) is 17.1. The number of nitrogens with zero attached hydrogens (tertiary/aromatic N) is 3. The molecule has 1 aliphatic rings. The van der Waals surface area contributed by atoms with E-state index in [0.717, 1.165) is 39.3 Å². The Morgan fingerprint density at radius 3 is 2.60 bits per heavy atom. The number of benzene rings is 1. The quantitative estimate of drug-likeness (QED) is 0.817. The van der Waals surface area contributed by atoms with Crippen LogP contribution in [-0.2, 0) is 11.3 Å². The van der Waals surface area contributed by atoms with E-state index >= 15 is 0 Å². The molecule has 0 unspecified atom stereocenters. The number of hydrogen-bond acceptors (Lipinski definition) is 4. The minimum Gasteiger partial charge on any atom is -0.383 e. The molecule has 1 aliphatic heterocycles. The first-order valence-corrected chi connectivity index (χ1v) is 6.85. The summed E-state index contributed by atoms with van der Waals surface area (Å²) in [4.78, 5) is 4.57. The largest absolute Gasteiger partial charge is 0.383 e. The molecule has 2 rings (SSSR count). The van der Waals surface area contributed by atoms with Crippen molar-refractivity contribution in [1.82, 2.24) is 9.80 Å². The van der Waals surface area contributed by atoms with Crippen LogP contribution in [0.2, 0.25) is 0 Å². The zero-order chi connectivity index (χ0) is 14.4. The predicted octanol–water partition coefficient (Wildman–Crippen LogP) is 1.46. The van der Waals surface area contributed by atoms with Crippen LogP contribution in [0, 0.1) is 17.1 Å². The standard InChI is InChI=1S/C15H20FN3O/c1-20-9-8-18-4-6-19(7-5-18)12-14-10-13(11-17)2-3-15(14)16/h2-3,10H,4-9,12H2,1H3. The fraction of sp³-hybridized carbons (Fsp3) is 0.533. The average Bonchev–Trinajstić information content (AvgIpc) is 2.49. The maximum absolute atomic E-state index is 13.7. The maximum atomic E-state index is 13.7. The van der Waals surface area contributed by atoms with Gasteiger partial charge in [0, 0.05) is 51.9 Å². The van der Waals surface area contributed by atoms with Gasteiger partial charge in [-0.1, -0.05) is 0 Å². The maximum Gasteiger partial charge on any atom is 0.127 e. The van der Waals surface area contributed by atoms with Gasteiger partial charge >= 0.3 is 0 Å². The van der Waals surface area contributed by atoms with Crippen LogP contribution in [0.3, 0.4) is 0 Å². The summed E-state index contributed by atoms with van der Waals surface area (Å²) in [7, 11) is 1.71. The molecular weight excluding hydrogens is 257 g/mol. The van der Waals surface area contributed by atoms with Crippen molar-refractivity contribution in [2.24, 2.45) is 0 Å². The zero-order valence-corrected chi connectivity index (χ0v) is 11.8. The smallest absolute Gasteiger partial charge is 0.127 e. The number of methoxy groups -OCH3 is 1. The van der Waals surface area contributed by atoms with E-state index in [4.69, 9.17) is 10.00 Å². The highest BCUT2D eigenvalue weighted by Crippen LogP contribution is 2.14. The molecule has 0 spiro atoms. The molecular formula is C15H20FN3O. The molecule has 0 atom stereocenters. The molecule has 0 bridgehead atoms. The Labute approximate surface area is 119 Å². The first kappa shape index (κ1) is 14.9. The number of halogens is 1. The number of piperazine rings is 1. The Morgan fingerprint density at radius 1 is 1.25 bits per heavy atom. The lowest BCUT2D eigenvalue weighted by Crippen LogP contribution is -2.46. The highest BCUT2D eigenvalue weighted by Gasteiger charge is 2.17. The Morgan fingerprint density at radius 2 is 1.95 bits per heavy atom. The predicted molar refractivity (Wildman–Crippen MR) is 74.7 cm³/mol. The van der Waals surface area contributed by atoms with E-state index in [9.17, 15) is 4.39 Å². The fourth-order valence-electron chi connectivity index (χ4n) is 2.40. The molecule has 1 heterocycles. The van der Waals surface area contributed by atoms with E-state index in [0.29, 0.717) is 17.7 Å². The zero-order valence-electron chi connectivity index (χ0n) is 11.8. The third-order valence-electron chi connectivity index (χ3n) is 3.65. The van der Waals surface area contributed by atoms with Gasteiger partial charge in [0.25, 0.3) is 0 Å². The van der Waals surface area contributed by atoms with Crippen molar-refractivity contribution in [2.75, 3.05) is 46.4 Å². The Bertz CT molecular complexity index is 478. The van der Waals surface area contributed by atoms with Gasteiger partial charge in [0.15, 0.2) is 0 Å². The SMILES string of the molecule is COCCN1CCN(Cc2cc(C#N)ccc2F)CC1. The van der Waals surface area contributed by atoms with Crippen molar-refractivity contribution in [3.8, 4) is 6.07 Å². The van der Waals surface area contributed by atoms with E-state index < -0.39 is 0 Å². The highest BCUT2D eigenvalue weighted by molar-refractivity contribution is 5.33. The molecule has 0 saturated carbocycles. The van der Waals surface area contributed by atoms with E-state index in [1.165, 1.54) is 12.1 Å². The summed E-state index contributed by atoms with van der Waals surface area (Å²) in [5.74, 6) is -0.231. The lowest BCUT2D eigenvalue weighted by Gasteiger charge is -2.34. The summed E-state index contributed by atoms with van der Waals surface area (Å²) in [5.41, 5.74) is 1.12. The lowest BCUT2D eigenvalue weighted by molar-refractivity contribution is 0.0933. The van der Waals surface area contributed by atoms with Crippen molar-refractivity contribution in [3.63, 3.8) is 0 Å². The number of ether oxygens (including phenoxy) is 1. The van der Waals surface area contributed by atoms with Gasteiger partial charge in [0.2, 0.25) is 0 Å². The van der Waals surface area contributed by atoms with Crippen molar-refractivity contribution < 1.29 is 9.13 Å². The number of rotatable bonds is 5. The Kier molecular flexibility index (Phi) is 5.48. The third kappa shape index (κ3) is 4.01. The van der Waals surface area contributed by atoms with Gasteiger partial charge in [-0.3, -0.25) is 9.80 Å². The summed E-state index contributed by atoms with van der Waals surface area (Å²) >= 11 is 0. The summed E-state index contributed by atoms with van der Waals surface area (Å²) in [6.45, 7) is 6.05. The number of nitriles is 1. The Balaban J connectivity index is 1.88. The fourth-order valence-corrected chi connectivity index (χ4v) is 2.40. The second kappa shape index (κ2) is 7.34. The van der Waals surface area contributed by atoms with Gasteiger partial charge in [-0.2, -0.15) is 5.26 Å². The molecule has 1 aromatic carbocycles. The van der Waals surface area contributed by atoms with Crippen LogP contribution >= 0.6 is 0 Å². The van der Waals surface area contributed by atoms with Gasteiger partial charge in [-0.15, -0.1) is 0 Å². The second-order valence-corrected chi connectivity index (χ2v) is 5.03. The van der Waals surface area contributed by atoms with Crippen LogP contribution in [0.4, 0.5) is 4.39 Å². The molecule has 1 fully saturated rings. The lowest BCUT2D eigenvalue weighted by atomic mass is 10.1. The van der Waals surface area contributed by atoms with Crippen LogP contribution in [0.15, 0.2) is 18.2 Å². The molecule has 1 saturated heterocycles. The van der Waals surface area contributed by atoms with Gasteiger partial charge < -0.3 is 4.74 Å². The van der Waals surface area contributed by atoms with Crippen LogP contribution in [-0.4, -0.2) is 56.2 Å². The van der Waals surface area contributed by atoms with Gasteiger partial charge in [-0.25, -0.2) is 4.39 Å². The first-order valence-electron chi connectivity index (χ1n) is 6.85. The molecule has 0 amide bonds. The third-order valence-corrected chi connectivity index (χ3v) is 3.65. The second-order valence-electron chi connectivity index (χ2n) is 5.03. The molecule has 0 aromatic heterocycles. The van der Waals surface area contributed by atoms with Crippen LogP contribution in [0.5, 0.6) is 0 Å².